The third-order valence-electron chi connectivity index (χ3n) is 7.35. The molecule has 37 heavy (non-hydrogen) atoms. The van der Waals surface area contributed by atoms with Crippen molar-refractivity contribution in [1.29, 1.82) is 0 Å². The highest BCUT2D eigenvalue weighted by Gasteiger charge is 2.25. The number of nitrogens with one attached hydrogen (secondary N) is 1. The maximum atomic E-state index is 10.9. The number of benzene rings is 1. The second-order valence-corrected chi connectivity index (χ2v) is 10.7. The molecule has 2 aliphatic rings. The molecule has 0 atom stereocenters. The summed E-state index contributed by atoms with van der Waals surface area (Å²) in [6.07, 6.45) is 5.71. The van der Waals surface area contributed by atoms with E-state index in [1.807, 2.05) is 12.1 Å². The van der Waals surface area contributed by atoms with Crippen molar-refractivity contribution in [2.24, 2.45) is 11.8 Å². The minimum Gasteiger partial charge on any atom is -0.493 e. The molecular weight excluding hydrogens is 470 g/mol. The van der Waals surface area contributed by atoms with E-state index in [1.54, 1.807) is 6.07 Å². The Morgan fingerprint density at radius 1 is 1.16 bits per heavy atom. The van der Waals surface area contributed by atoms with E-state index in [4.69, 9.17) is 14.4 Å². The molecule has 0 radical (unpaired) electrons. The zero-order valence-corrected chi connectivity index (χ0v) is 21.8. The van der Waals surface area contributed by atoms with Gasteiger partial charge in [-0.15, -0.1) is 0 Å². The molecule has 9 nitrogen and oxygen atoms in total. The number of amides is 1. The van der Waals surface area contributed by atoms with Crippen LogP contribution < -0.4 is 10.1 Å². The Morgan fingerprint density at radius 3 is 2.70 bits per heavy atom. The molecule has 9 heteroatoms. The number of ether oxygens (including phenoxy) is 1. The van der Waals surface area contributed by atoms with Crippen LogP contribution in [0.3, 0.4) is 0 Å². The molecule has 1 saturated heterocycles. The number of carboxylic acid groups (broad SMARTS) is 1. The largest absolute Gasteiger partial charge is 0.493 e. The van der Waals surface area contributed by atoms with Crippen molar-refractivity contribution in [2.75, 3.05) is 39.1 Å². The Morgan fingerprint density at radius 2 is 1.97 bits per heavy atom. The summed E-state index contributed by atoms with van der Waals surface area (Å²) < 4.78 is 12.0. The summed E-state index contributed by atoms with van der Waals surface area (Å²) in [6, 6.07) is 9.67. The number of aryl methyl sites for hydroxylation is 1. The van der Waals surface area contributed by atoms with Crippen LogP contribution in [0.2, 0.25) is 0 Å². The molecule has 1 aromatic carbocycles. The Kier molecular flexibility index (Phi) is 7.90. The van der Waals surface area contributed by atoms with Gasteiger partial charge in [-0.2, -0.15) is 0 Å². The normalized spacial score (nSPS) is 16.9. The number of likely N-dealkylation sites (tertiary alicyclic amines) is 1. The highest BCUT2D eigenvalue weighted by molar-refractivity contribution is 5.84. The van der Waals surface area contributed by atoms with E-state index in [-0.39, 0.29) is 0 Å². The van der Waals surface area contributed by atoms with Gasteiger partial charge in [0.05, 0.1) is 23.6 Å². The van der Waals surface area contributed by atoms with E-state index in [2.05, 4.69) is 51.5 Å². The van der Waals surface area contributed by atoms with Gasteiger partial charge < -0.3 is 19.3 Å². The molecule has 1 aliphatic heterocycles. The van der Waals surface area contributed by atoms with Crippen LogP contribution in [0.1, 0.15) is 49.1 Å². The van der Waals surface area contributed by atoms with E-state index in [1.165, 1.54) is 12.8 Å². The number of aromatic nitrogens is 2. The molecule has 2 aromatic heterocycles. The molecule has 2 N–H and O–H groups in total. The van der Waals surface area contributed by atoms with Crippen molar-refractivity contribution in [3.8, 4) is 5.75 Å². The summed E-state index contributed by atoms with van der Waals surface area (Å²) in [7, 11) is 4.12. The Bertz CT molecular complexity index is 1210. The molecule has 2 fully saturated rings. The van der Waals surface area contributed by atoms with Crippen LogP contribution in [-0.4, -0.2) is 64.9 Å². The van der Waals surface area contributed by atoms with Crippen molar-refractivity contribution in [1.82, 2.24) is 19.9 Å². The quantitative estimate of drug-likeness (QED) is 0.373. The van der Waals surface area contributed by atoms with Crippen molar-refractivity contribution < 1.29 is 19.2 Å². The van der Waals surface area contributed by atoms with Gasteiger partial charge in [-0.25, -0.2) is 9.78 Å². The number of piperidine rings is 1. The predicted octanol–water partition coefficient (Wildman–Crippen LogP) is 5.01. The topological polar surface area (TPSA) is 104 Å². The first-order valence-corrected chi connectivity index (χ1v) is 13.3. The first-order chi connectivity index (χ1) is 17.9. The third kappa shape index (κ3) is 6.78. The number of fused-ring (bicyclic) bond motifs is 1. The lowest BCUT2D eigenvalue weighted by atomic mass is 9.91. The number of nitrogens with zero attached hydrogens (tertiary/aromatic N) is 4. The molecule has 1 saturated carbocycles. The smallest absolute Gasteiger partial charge is 0.410 e. The van der Waals surface area contributed by atoms with Gasteiger partial charge in [0.15, 0.2) is 5.58 Å². The van der Waals surface area contributed by atoms with Gasteiger partial charge in [0.1, 0.15) is 11.6 Å². The Hall–Kier alpha value is -3.17. The Labute approximate surface area is 217 Å². The number of carbonyl (C=O) groups is 1. The highest BCUT2D eigenvalue weighted by Crippen LogP contribution is 2.35. The molecule has 3 aromatic rings. The van der Waals surface area contributed by atoms with Gasteiger partial charge in [-0.05, 0) is 102 Å². The van der Waals surface area contributed by atoms with Crippen molar-refractivity contribution in [2.45, 2.75) is 51.6 Å². The van der Waals surface area contributed by atoms with E-state index >= 15 is 0 Å². The fourth-order valence-corrected chi connectivity index (χ4v) is 5.11. The number of rotatable bonds is 11. The van der Waals surface area contributed by atoms with Crippen LogP contribution in [0.5, 0.6) is 5.75 Å². The second kappa shape index (κ2) is 11.5. The zero-order valence-electron chi connectivity index (χ0n) is 21.8. The zero-order chi connectivity index (χ0) is 25.8. The molecule has 198 valence electrons. The van der Waals surface area contributed by atoms with Crippen LogP contribution in [0.25, 0.3) is 11.0 Å². The minimum absolute atomic E-state index is 0.370. The number of hydrogen-bond acceptors (Lipinski definition) is 7. The number of pyridine rings is 1. The van der Waals surface area contributed by atoms with Crippen LogP contribution in [0.4, 0.5) is 10.6 Å². The first kappa shape index (κ1) is 25.5. The average molecular weight is 508 g/mol. The summed E-state index contributed by atoms with van der Waals surface area (Å²) in [5.74, 6) is 2.64. The lowest BCUT2D eigenvalue weighted by molar-refractivity contribution is 0.170. The average Bonchev–Trinajstić information content (AvgIpc) is 3.60. The fraction of sp³-hybridized carbons (Fsp3) is 0.536. The molecular formula is C28H37N5O4. The molecule has 0 bridgehead atoms. The van der Waals surface area contributed by atoms with E-state index in [0.717, 1.165) is 92.1 Å². The summed E-state index contributed by atoms with van der Waals surface area (Å²) >= 11 is 0. The molecule has 1 aliphatic carbocycles. The second-order valence-electron chi connectivity index (χ2n) is 10.7. The molecule has 1 amide bonds. The molecule has 5 rings (SSSR count). The third-order valence-corrected chi connectivity index (χ3v) is 7.35. The minimum atomic E-state index is -1.10. The summed E-state index contributed by atoms with van der Waals surface area (Å²) in [5, 5.41) is 16.8. The summed E-state index contributed by atoms with van der Waals surface area (Å²) in [6.45, 7) is 4.30. The monoisotopic (exact) mass is 507 g/mol. The SMILES string of the molecule is CN(C)Cc1c(OCC2CC2)ccc2c(CCC3CCN(Cc4cccc(NC(=O)O)n4)CC3)noc12. The predicted molar refractivity (Wildman–Crippen MR) is 142 cm³/mol. The van der Waals surface area contributed by atoms with E-state index in [9.17, 15) is 4.79 Å². The maximum Gasteiger partial charge on any atom is 0.410 e. The van der Waals surface area contributed by atoms with E-state index < -0.39 is 6.09 Å². The summed E-state index contributed by atoms with van der Waals surface area (Å²) in [4.78, 5) is 19.8. The lowest BCUT2D eigenvalue weighted by Crippen LogP contribution is -2.33. The van der Waals surface area contributed by atoms with E-state index in [0.29, 0.717) is 17.7 Å². The number of hydrogen-bond donors (Lipinski definition) is 2. The van der Waals surface area contributed by atoms with Gasteiger partial charge in [-0.3, -0.25) is 10.2 Å². The van der Waals surface area contributed by atoms with Crippen molar-refractivity contribution >= 4 is 22.9 Å². The first-order valence-electron chi connectivity index (χ1n) is 13.3. The summed E-state index contributed by atoms with van der Waals surface area (Å²) in [5.41, 5.74) is 3.87. The standard InChI is InChI=1S/C28H37N5O4/c1-32(2)17-23-25(36-18-20-6-7-20)11-9-22-24(31-37-27(22)23)10-8-19-12-14-33(15-13-19)16-21-4-3-5-26(29-21)30-28(34)35/h3-5,9,11,19-20H,6-8,10,12-18H2,1-2H3,(H,29,30)(H,34,35). The highest BCUT2D eigenvalue weighted by atomic mass is 16.5. The van der Waals surface area contributed by atoms with Crippen LogP contribution in [-0.2, 0) is 19.5 Å². The van der Waals surface area contributed by atoms with Crippen LogP contribution in [0, 0.1) is 11.8 Å². The van der Waals surface area contributed by atoms with Gasteiger partial charge >= 0.3 is 6.09 Å². The van der Waals surface area contributed by atoms with Crippen LogP contribution >= 0.6 is 0 Å². The molecule has 0 unspecified atom stereocenters. The van der Waals surface area contributed by atoms with Gasteiger partial charge in [-0.1, -0.05) is 11.2 Å². The van der Waals surface area contributed by atoms with Gasteiger partial charge in [0.25, 0.3) is 0 Å². The maximum absolute atomic E-state index is 10.9. The van der Waals surface area contributed by atoms with Crippen molar-refractivity contribution in [3.63, 3.8) is 0 Å². The van der Waals surface area contributed by atoms with Crippen molar-refractivity contribution in [3.05, 3.63) is 47.3 Å². The van der Waals surface area contributed by atoms with Gasteiger partial charge in [0, 0.05) is 18.5 Å². The van der Waals surface area contributed by atoms with Crippen LogP contribution in [0.15, 0.2) is 34.9 Å². The van der Waals surface area contributed by atoms with Gasteiger partial charge in [0.2, 0.25) is 0 Å². The molecule has 3 heterocycles. The number of anilines is 1. The Balaban J connectivity index is 1.16. The fourth-order valence-electron chi connectivity index (χ4n) is 5.11. The lowest BCUT2D eigenvalue weighted by Gasteiger charge is -2.31. The molecule has 0 spiro atoms.